The van der Waals surface area contributed by atoms with E-state index in [1.54, 1.807) is 0 Å². The molecule has 0 saturated carbocycles. The topological polar surface area (TPSA) is 49.4 Å². The third-order valence-electron chi connectivity index (χ3n) is 3.72. The largest absolute Gasteiger partial charge is 0.318 e. The number of para-hydroxylation sites is 1. The number of rotatable bonds is 4. The van der Waals surface area contributed by atoms with Crippen LogP contribution in [0.15, 0.2) is 48.5 Å². The standard InChI is InChI=1S/C19H22N2O2/c1-4-15-10-6-7-12-17(15)20-18(22)19(23)21(5-2)16-11-8-9-14(3)13-16/h6-13H,4-5H2,1-3H3,(H,20,22). The zero-order valence-corrected chi connectivity index (χ0v) is 13.8. The Morgan fingerprint density at radius 1 is 1.04 bits per heavy atom. The van der Waals surface area contributed by atoms with Crippen LogP contribution in [0.25, 0.3) is 0 Å². The van der Waals surface area contributed by atoms with Gasteiger partial charge in [-0.3, -0.25) is 9.59 Å². The quantitative estimate of drug-likeness (QED) is 0.878. The Morgan fingerprint density at radius 2 is 1.78 bits per heavy atom. The van der Waals surface area contributed by atoms with Crippen LogP contribution in [0.1, 0.15) is 25.0 Å². The maximum atomic E-state index is 12.5. The highest BCUT2D eigenvalue weighted by molar-refractivity contribution is 6.44. The number of carbonyl (C=O) groups is 2. The van der Waals surface area contributed by atoms with Gasteiger partial charge in [0.2, 0.25) is 0 Å². The van der Waals surface area contributed by atoms with E-state index in [0.29, 0.717) is 12.2 Å². The summed E-state index contributed by atoms with van der Waals surface area (Å²) in [4.78, 5) is 26.3. The van der Waals surface area contributed by atoms with Gasteiger partial charge in [-0.1, -0.05) is 37.3 Å². The first-order valence-electron chi connectivity index (χ1n) is 7.84. The maximum Gasteiger partial charge on any atom is 0.316 e. The van der Waals surface area contributed by atoms with Gasteiger partial charge in [-0.2, -0.15) is 0 Å². The molecule has 23 heavy (non-hydrogen) atoms. The van der Waals surface area contributed by atoms with Crippen molar-refractivity contribution in [3.63, 3.8) is 0 Å². The summed E-state index contributed by atoms with van der Waals surface area (Å²) >= 11 is 0. The van der Waals surface area contributed by atoms with Crippen molar-refractivity contribution in [1.29, 1.82) is 0 Å². The average Bonchev–Trinajstić information content (AvgIpc) is 2.56. The van der Waals surface area contributed by atoms with Crippen molar-refractivity contribution in [3.8, 4) is 0 Å². The lowest BCUT2D eigenvalue weighted by atomic mass is 10.1. The van der Waals surface area contributed by atoms with Crippen molar-refractivity contribution in [2.45, 2.75) is 27.2 Å². The lowest BCUT2D eigenvalue weighted by Crippen LogP contribution is -2.39. The van der Waals surface area contributed by atoms with E-state index in [4.69, 9.17) is 0 Å². The van der Waals surface area contributed by atoms with Gasteiger partial charge in [0.1, 0.15) is 0 Å². The summed E-state index contributed by atoms with van der Waals surface area (Å²) in [6.45, 7) is 6.26. The summed E-state index contributed by atoms with van der Waals surface area (Å²) < 4.78 is 0. The van der Waals surface area contributed by atoms with E-state index < -0.39 is 11.8 Å². The monoisotopic (exact) mass is 310 g/mol. The number of likely N-dealkylation sites (N-methyl/N-ethyl adjacent to an activating group) is 1. The Bertz CT molecular complexity index is 710. The molecule has 0 aliphatic heterocycles. The maximum absolute atomic E-state index is 12.5. The van der Waals surface area contributed by atoms with Gasteiger partial charge in [0.05, 0.1) is 0 Å². The highest BCUT2D eigenvalue weighted by Crippen LogP contribution is 2.18. The Kier molecular flexibility index (Phi) is 5.52. The van der Waals surface area contributed by atoms with Crippen LogP contribution in [0.4, 0.5) is 11.4 Å². The third kappa shape index (κ3) is 3.97. The summed E-state index contributed by atoms with van der Waals surface area (Å²) in [5, 5.41) is 2.73. The molecule has 0 aromatic heterocycles. The smallest absolute Gasteiger partial charge is 0.316 e. The van der Waals surface area contributed by atoms with E-state index in [0.717, 1.165) is 23.2 Å². The van der Waals surface area contributed by atoms with E-state index in [2.05, 4.69) is 5.32 Å². The highest BCUT2D eigenvalue weighted by atomic mass is 16.2. The predicted octanol–water partition coefficient (Wildman–Crippen LogP) is 3.55. The summed E-state index contributed by atoms with van der Waals surface area (Å²) in [6.07, 6.45) is 0.792. The Morgan fingerprint density at radius 3 is 2.43 bits per heavy atom. The summed E-state index contributed by atoms with van der Waals surface area (Å²) in [7, 11) is 0. The van der Waals surface area contributed by atoms with Gasteiger partial charge < -0.3 is 10.2 Å². The number of nitrogens with zero attached hydrogens (tertiary/aromatic N) is 1. The van der Waals surface area contributed by atoms with Crippen molar-refractivity contribution in [3.05, 3.63) is 59.7 Å². The minimum absolute atomic E-state index is 0.436. The number of hydrogen-bond acceptors (Lipinski definition) is 2. The molecule has 2 aromatic rings. The average molecular weight is 310 g/mol. The van der Waals surface area contributed by atoms with Crippen molar-refractivity contribution in [1.82, 2.24) is 0 Å². The molecule has 2 amide bonds. The zero-order chi connectivity index (χ0) is 16.8. The lowest BCUT2D eigenvalue weighted by molar-refractivity contribution is -0.134. The molecule has 2 aromatic carbocycles. The van der Waals surface area contributed by atoms with Crippen molar-refractivity contribution < 1.29 is 9.59 Å². The number of anilines is 2. The van der Waals surface area contributed by atoms with E-state index in [-0.39, 0.29) is 0 Å². The molecule has 0 heterocycles. The van der Waals surface area contributed by atoms with Crippen LogP contribution < -0.4 is 10.2 Å². The van der Waals surface area contributed by atoms with E-state index >= 15 is 0 Å². The van der Waals surface area contributed by atoms with Crippen LogP contribution >= 0.6 is 0 Å². The van der Waals surface area contributed by atoms with Crippen LogP contribution in [0, 0.1) is 6.92 Å². The van der Waals surface area contributed by atoms with Gasteiger partial charge in [-0.25, -0.2) is 0 Å². The molecular weight excluding hydrogens is 288 g/mol. The van der Waals surface area contributed by atoms with Gasteiger partial charge >= 0.3 is 11.8 Å². The second kappa shape index (κ2) is 7.58. The fraction of sp³-hybridized carbons (Fsp3) is 0.263. The number of carbonyl (C=O) groups excluding carboxylic acids is 2. The molecule has 4 nitrogen and oxygen atoms in total. The molecule has 1 N–H and O–H groups in total. The Balaban J connectivity index is 2.19. The summed E-state index contributed by atoms with van der Waals surface area (Å²) in [5.74, 6) is -1.17. The van der Waals surface area contributed by atoms with Crippen LogP contribution in [0.5, 0.6) is 0 Å². The summed E-state index contributed by atoms with van der Waals surface area (Å²) in [5.41, 5.74) is 3.47. The van der Waals surface area contributed by atoms with Crippen LogP contribution in [-0.4, -0.2) is 18.4 Å². The first-order valence-corrected chi connectivity index (χ1v) is 7.84. The highest BCUT2D eigenvalue weighted by Gasteiger charge is 2.22. The fourth-order valence-corrected chi connectivity index (χ4v) is 2.49. The molecule has 0 unspecified atom stereocenters. The van der Waals surface area contributed by atoms with Gasteiger partial charge in [0.25, 0.3) is 0 Å². The van der Waals surface area contributed by atoms with Crippen LogP contribution in [0.3, 0.4) is 0 Å². The molecule has 0 aliphatic rings. The number of aryl methyl sites for hydroxylation is 2. The van der Waals surface area contributed by atoms with E-state index in [1.807, 2.05) is 69.3 Å². The molecule has 2 rings (SSSR count). The van der Waals surface area contributed by atoms with Crippen molar-refractivity contribution >= 4 is 23.2 Å². The molecule has 0 fully saturated rings. The second-order valence-corrected chi connectivity index (χ2v) is 5.35. The number of nitrogens with one attached hydrogen (secondary N) is 1. The first-order chi connectivity index (χ1) is 11.1. The molecule has 0 saturated heterocycles. The van der Waals surface area contributed by atoms with Crippen LogP contribution in [-0.2, 0) is 16.0 Å². The van der Waals surface area contributed by atoms with Gasteiger partial charge in [-0.15, -0.1) is 0 Å². The molecule has 0 atom stereocenters. The second-order valence-electron chi connectivity index (χ2n) is 5.35. The van der Waals surface area contributed by atoms with E-state index in [1.165, 1.54) is 4.90 Å². The third-order valence-corrected chi connectivity index (χ3v) is 3.72. The molecule has 0 radical (unpaired) electrons. The van der Waals surface area contributed by atoms with E-state index in [9.17, 15) is 9.59 Å². The van der Waals surface area contributed by atoms with Gasteiger partial charge in [0, 0.05) is 17.9 Å². The van der Waals surface area contributed by atoms with Gasteiger partial charge in [0.15, 0.2) is 0 Å². The minimum Gasteiger partial charge on any atom is -0.318 e. The fourth-order valence-electron chi connectivity index (χ4n) is 2.49. The number of hydrogen-bond donors (Lipinski definition) is 1. The zero-order valence-electron chi connectivity index (χ0n) is 13.8. The molecule has 0 spiro atoms. The molecular formula is C19H22N2O2. The van der Waals surface area contributed by atoms with Gasteiger partial charge in [-0.05, 0) is 49.6 Å². The molecule has 120 valence electrons. The Labute approximate surface area is 137 Å². The molecule has 0 aliphatic carbocycles. The lowest BCUT2D eigenvalue weighted by Gasteiger charge is -2.21. The Hall–Kier alpha value is -2.62. The number of amides is 2. The summed E-state index contributed by atoms with van der Waals surface area (Å²) in [6, 6.07) is 15.1. The van der Waals surface area contributed by atoms with Crippen molar-refractivity contribution in [2.75, 3.05) is 16.8 Å². The normalized spacial score (nSPS) is 10.2. The van der Waals surface area contributed by atoms with Crippen molar-refractivity contribution in [2.24, 2.45) is 0 Å². The number of benzene rings is 2. The predicted molar refractivity (Wildman–Crippen MR) is 93.7 cm³/mol. The SMILES string of the molecule is CCc1ccccc1NC(=O)C(=O)N(CC)c1cccc(C)c1. The minimum atomic E-state index is -0.616. The molecule has 4 heteroatoms. The molecule has 0 bridgehead atoms. The first kappa shape index (κ1) is 16.7. The van der Waals surface area contributed by atoms with Crippen LogP contribution in [0.2, 0.25) is 0 Å².